The van der Waals surface area contributed by atoms with Gasteiger partial charge in [-0.15, -0.1) is 0 Å². The van der Waals surface area contributed by atoms with Crippen molar-refractivity contribution in [1.82, 2.24) is 5.32 Å². The number of carbonyl (C=O) groups excluding carboxylic acids is 1. The third-order valence-electron chi connectivity index (χ3n) is 5.43. The second-order valence-corrected chi connectivity index (χ2v) is 7.51. The highest BCUT2D eigenvalue weighted by Gasteiger charge is 2.43. The van der Waals surface area contributed by atoms with Gasteiger partial charge in [0.05, 0.1) is 17.4 Å². The van der Waals surface area contributed by atoms with Crippen molar-refractivity contribution < 1.29 is 4.79 Å². The van der Waals surface area contributed by atoms with Gasteiger partial charge in [0.25, 0.3) is 0 Å². The molecule has 0 aromatic heterocycles. The topological polar surface area (TPSA) is 44.7 Å². The molecule has 1 aliphatic rings. The molecule has 3 aromatic carbocycles. The number of benzene rings is 3. The number of hydrazone groups is 1. The van der Waals surface area contributed by atoms with E-state index in [4.69, 9.17) is 5.10 Å². The fraction of sp³-hybridized carbons (Fsp3) is 0.231. The quantitative estimate of drug-likeness (QED) is 0.558. The van der Waals surface area contributed by atoms with Crippen LogP contribution in [0.5, 0.6) is 0 Å². The summed E-state index contributed by atoms with van der Waals surface area (Å²) in [4.78, 5) is 13.4. The molecule has 4 nitrogen and oxygen atoms in total. The molecule has 152 valence electrons. The third kappa shape index (κ3) is 4.13. The van der Waals surface area contributed by atoms with Gasteiger partial charge in [-0.1, -0.05) is 92.2 Å². The van der Waals surface area contributed by atoms with Gasteiger partial charge in [0, 0.05) is 6.54 Å². The number of nitrogens with one attached hydrogen (secondary N) is 1. The highest BCUT2D eigenvalue weighted by atomic mass is 16.2. The molecule has 4 heteroatoms. The molecule has 0 bridgehead atoms. The Bertz CT molecular complexity index is 987. The average Bonchev–Trinajstić information content (AvgIpc) is 3.22. The van der Waals surface area contributed by atoms with Gasteiger partial charge in [-0.05, 0) is 29.7 Å². The minimum Gasteiger partial charge on any atom is -0.355 e. The highest BCUT2D eigenvalue weighted by molar-refractivity contribution is 6.15. The van der Waals surface area contributed by atoms with Gasteiger partial charge >= 0.3 is 0 Å². The predicted octanol–water partition coefficient (Wildman–Crippen LogP) is 5.18. The molecule has 1 amide bonds. The van der Waals surface area contributed by atoms with Gasteiger partial charge in [0.2, 0.25) is 5.91 Å². The van der Waals surface area contributed by atoms with E-state index in [0.717, 1.165) is 35.4 Å². The van der Waals surface area contributed by atoms with Crippen LogP contribution < -0.4 is 10.3 Å². The van der Waals surface area contributed by atoms with E-state index < -0.39 is 5.92 Å². The Kier molecular flexibility index (Phi) is 6.23. The molecule has 0 fully saturated rings. The van der Waals surface area contributed by atoms with Crippen molar-refractivity contribution >= 4 is 17.3 Å². The molecule has 2 atom stereocenters. The number of hydrogen-bond donors (Lipinski definition) is 1. The molecule has 2 unspecified atom stereocenters. The Morgan fingerprint density at radius 2 is 1.50 bits per heavy atom. The lowest BCUT2D eigenvalue weighted by Crippen LogP contribution is -2.39. The van der Waals surface area contributed by atoms with E-state index in [2.05, 4.69) is 24.4 Å². The first kappa shape index (κ1) is 19.9. The number of nitrogens with zero attached hydrogens (tertiary/aromatic N) is 2. The van der Waals surface area contributed by atoms with Crippen LogP contribution in [0, 0.1) is 5.92 Å². The van der Waals surface area contributed by atoms with Crippen molar-refractivity contribution in [1.29, 1.82) is 0 Å². The van der Waals surface area contributed by atoms with Gasteiger partial charge in [-0.3, -0.25) is 9.80 Å². The zero-order valence-electron chi connectivity index (χ0n) is 17.2. The molecule has 0 radical (unpaired) electrons. The van der Waals surface area contributed by atoms with Crippen molar-refractivity contribution in [3.8, 4) is 0 Å². The minimum atomic E-state index is -0.396. The standard InChI is InChI=1S/C26H27N3O/c1-2-3-19-27-26(30)23-24(20-13-7-4-8-14-20)28-29(22-17-11-6-12-18-22)25(23)21-15-9-5-10-16-21/h4-18,23,25H,2-3,19H2,1H3,(H,27,30). The molecule has 0 saturated heterocycles. The van der Waals surface area contributed by atoms with Crippen LogP contribution in [0.4, 0.5) is 5.69 Å². The first-order chi connectivity index (χ1) is 14.8. The second-order valence-electron chi connectivity index (χ2n) is 7.51. The zero-order chi connectivity index (χ0) is 20.8. The van der Waals surface area contributed by atoms with E-state index in [0.29, 0.717) is 6.54 Å². The maximum Gasteiger partial charge on any atom is 0.231 e. The van der Waals surface area contributed by atoms with Crippen LogP contribution in [-0.4, -0.2) is 18.2 Å². The number of rotatable bonds is 7. The summed E-state index contributed by atoms with van der Waals surface area (Å²) in [7, 11) is 0. The smallest absolute Gasteiger partial charge is 0.231 e. The molecule has 0 aliphatic carbocycles. The Hall–Kier alpha value is -3.40. The van der Waals surface area contributed by atoms with Gasteiger partial charge in [0.1, 0.15) is 5.92 Å². The number of anilines is 1. The number of hydrogen-bond acceptors (Lipinski definition) is 3. The number of para-hydroxylation sites is 1. The lowest BCUT2D eigenvalue weighted by atomic mass is 9.86. The summed E-state index contributed by atoms with van der Waals surface area (Å²) in [5.41, 5.74) is 3.84. The monoisotopic (exact) mass is 397 g/mol. The molecule has 1 heterocycles. The third-order valence-corrected chi connectivity index (χ3v) is 5.43. The zero-order valence-corrected chi connectivity index (χ0v) is 17.2. The van der Waals surface area contributed by atoms with Gasteiger partial charge in [-0.25, -0.2) is 0 Å². The maximum absolute atomic E-state index is 13.4. The van der Waals surface area contributed by atoms with Crippen molar-refractivity contribution in [2.75, 3.05) is 11.6 Å². The Morgan fingerprint density at radius 3 is 2.13 bits per heavy atom. The van der Waals surface area contributed by atoms with E-state index in [1.807, 2.05) is 83.9 Å². The summed E-state index contributed by atoms with van der Waals surface area (Å²) in [5, 5.41) is 10.2. The van der Waals surface area contributed by atoms with Crippen LogP contribution in [0.15, 0.2) is 96.1 Å². The molecular formula is C26H27N3O. The van der Waals surface area contributed by atoms with E-state index in [1.165, 1.54) is 0 Å². The van der Waals surface area contributed by atoms with Crippen molar-refractivity contribution in [3.63, 3.8) is 0 Å². The van der Waals surface area contributed by atoms with Gasteiger partial charge in [-0.2, -0.15) is 5.10 Å². The van der Waals surface area contributed by atoms with E-state index >= 15 is 0 Å². The molecule has 1 N–H and O–H groups in total. The van der Waals surface area contributed by atoms with Crippen LogP contribution in [0.25, 0.3) is 0 Å². The molecule has 0 spiro atoms. The van der Waals surface area contributed by atoms with Crippen molar-refractivity contribution in [2.45, 2.75) is 25.8 Å². The van der Waals surface area contributed by atoms with Gasteiger partial charge < -0.3 is 5.32 Å². The normalized spacial score (nSPS) is 18.2. The summed E-state index contributed by atoms with van der Waals surface area (Å²) in [5.74, 6) is -0.370. The molecule has 3 aromatic rings. The maximum atomic E-state index is 13.4. The van der Waals surface area contributed by atoms with E-state index in [9.17, 15) is 4.79 Å². The summed E-state index contributed by atoms with van der Waals surface area (Å²) >= 11 is 0. The second kappa shape index (κ2) is 9.40. The SMILES string of the molecule is CCCCNC(=O)C1C(c2ccccc2)=NN(c2ccccc2)C1c1ccccc1. The summed E-state index contributed by atoms with van der Waals surface area (Å²) in [6, 6.07) is 30.1. The highest BCUT2D eigenvalue weighted by Crippen LogP contribution is 2.40. The molecule has 1 aliphatic heterocycles. The Balaban J connectivity index is 1.81. The molecule has 30 heavy (non-hydrogen) atoms. The lowest BCUT2D eigenvalue weighted by molar-refractivity contribution is -0.123. The average molecular weight is 398 g/mol. The largest absolute Gasteiger partial charge is 0.355 e. The molecular weight excluding hydrogens is 370 g/mol. The number of carbonyl (C=O) groups is 1. The summed E-state index contributed by atoms with van der Waals surface area (Å²) in [6.07, 6.45) is 2.01. The summed E-state index contributed by atoms with van der Waals surface area (Å²) < 4.78 is 0. The molecule has 0 saturated carbocycles. The van der Waals surface area contributed by atoms with Crippen molar-refractivity contribution in [3.05, 3.63) is 102 Å². The first-order valence-corrected chi connectivity index (χ1v) is 10.6. The summed E-state index contributed by atoms with van der Waals surface area (Å²) in [6.45, 7) is 2.81. The van der Waals surface area contributed by atoms with E-state index in [-0.39, 0.29) is 11.9 Å². The van der Waals surface area contributed by atoms with Crippen LogP contribution in [0.1, 0.15) is 36.9 Å². The fourth-order valence-electron chi connectivity index (χ4n) is 3.93. The lowest BCUT2D eigenvalue weighted by Gasteiger charge is -2.28. The van der Waals surface area contributed by atoms with E-state index in [1.54, 1.807) is 0 Å². The number of unbranched alkanes of at least 4 members (excludes halogenated alkanes) is 1. The number of amides is 1. The minimum absolute atomic E-state index is 0.0262. The van der Waals surface area contributed by atoms with Crippen molar-refractivity contribution in [2.24, 2.45) is 11.0 Å². The van der Waals surface area contributed by atoms with Crippen LogP contribution >= 0.6 is 0 Å². The first-order valence-electron chi connectivity index (χ1n) is 10.6. The van der Waals surface area contributed by atoms with Gasteiger partial charge in [0.15, 0.2) is 0 Å². The van der Waals surface area contributed by atoms with Crippen LogP contribution in [0.3, 0.4) is 0 Å². The predicted molar refractivity (Wildman–Crippen MR) is 122 cm³/mol. The fourth-order valence-corrected chi connectivity index (χ4v) is 3.93. The van der Waals surface area contributed by atoms with Crippen LogP contribution in [-0.2, 0) is 4.79 Å². The van der Waals surface area contributed by atoms with Crippen LogP contribution in [0.2, 0.25) is 0 Å². The Labute approximate surface area is 178 Å². The Morgan fingerprint density at radius 1 is 0.900 bits per heavy atom. The molecule has 4 rings (SSSR count).